The molecule has 116 valence electrons. The Labute approximate surface area is 135 Å². The van der Waals surface area contributed by atoms with E-state index >= 15 is 0 Å². The van der Waals surface area contributed by atoms with Crippen LogP contribution in [0.15, 0.2) is 60.7 Å². The molecule has 2 rings (SSSR count). The Morgan fingerprint density at radius 3 is 1.91 bits per heavy atom. The monoisotopic (exact) mass is 295 g/mol. The zero-order valence-electron chi connectivity index (χ0n) is 13.9. The van der Waals surface area contributed by atoms with Crippen LogP contribution in [0, 0.1) is 0 Å². The number of nitrogens with zero attached hydrogens (tertiary/aromatic N) is 1. The number of rotatable bonds is 8. The molecule has 0 bridgehead atoms. The second-order valence-corrected chi connectivity index (χ2v) is 5.77. The number of hydrogen-bond donors (Lipinski definition) is 0. The second-order valence-electron chi connectivity index (χ2n) is 5.77. The van der Waals surface area contributed by atoms with Gasteiger partial charge in [0.05, 0.1) is 6.10 Å². The van der Waals surface area contributed by atoms with Gasteiger partial charge in [-0.25, -0.2) is 0 Å². The van der Waals surface area contributed by atoms with Crippen LogP contribution in [0.25, 0.3) is 0 Å². The summed E-state index contributed by atoms with van der Waals surface area (Å²) >= 11 is 0. The molecule has 0 aliphatic carbocycles. The van der Waals surface area contributed by atoms with Crippen LogP contribution in [-0.2, 0) is 4.65 Å². The Morgan fingerprint density at radius 1 is 0.955 bits per heavy atom. The highest BCUT2D eigenvalue weighted by molar-refractivity contribution is 6.46. The molecule has 0 N–H and O–H groups in total. The molecule has 0 aliphatic rings. The number of benzene rings is 2. The van der Waals surface area contributed by atoms with Gasteiger partial charge in [-0.3, -0.25) is 0 Å². The van der Waals surface area contributed by atoms with E-state index in [1.165, 1.54) is 24.0 Å². The third-order valence-electron chi connectivity index (χ3n) is 4.02. The average Bonchev–Trinajstić information content (AvgIpc) is 2.58. The SMILES string of the molecule is CCCCN(C)B(C)OC(c1ccccc1)c1ccccc1. The predicted octanol–water partition coefficient (Wildman–Crippen LogP) is 4.64. The Kier molecular flexibility index (Phi) is 6.69. The summed E-state index contributed by atoms with van der Waals surface area (Å²) in [4.78, 5) is 2.28. The zero-order valence-corrected chi connectivity index (χ0v) is 13.9. The van der Waals surface area contributed by atoms with E-state index in [1.807, 2.05) is 12.1 Å². The summed E-state index contributed by atoms with van der Waals surface area (Å²) in [6.07, 6.45) is 2.38. The summed E-state index contributed by atoms with van der Waals surface area (Å²) in [5.74, 6) is 0. The van der Waals surface area contributed by atoms with E-state index in [0.29, 0.717) is 0 Å². The molecule has 2 aromatic rings. The van der Waals surface area contributed by atoms with Crippen LogP contribution >= 0.6 is 0 Å². The molecular weight excluding hydrogens is 269 g/mol. The van der Waals surface area contributed by atoms with E-state index in [0.717, 1.165) is 6.54 Å². The first kappa shape index (κ1) is 16.8. The topological polar surface area (TPSA) is 12.5 Å². The maximum Gasteiger partial charge on any atom is 0.379 e. The summed E-state index contributed by atoms with van der Waals surface area (Å²) in [5, 5.41) is 0. The molecule has 0 heterocycles. The molecule has 2 aromatic carbocycles. The average molecular weight is 295 g/mol. The first-order valence-electron chi connectivity index (χ1n) is 8.18. The van der Waals surface area contributed by atoms with E-state index in [4.69, 9.17) is 4.65 Å². The standard InChI is InChI=1S/C19H26BNO/c1-4-5-16-21(3)20(2)22-19(17-12-8-6-9-13-17)18-14-10-7-11-15-18/h6-15,19H,4-5,16H2,1-3H3. The van der Waals surface area contributed by atoms with Crippen molar-refractivity contribution in [1.29, 1.82) is 0 Å². The molecule has 0 amide bonds. The largest absolute Gasteiger partial charge is 0.410 e. The van der Waals surface area contributed by atoms with Crippen molar-refractivity contribution in [3.05, 3.63) is 71.8 Å². The molecule has 0 radical (unpaired) electrons. The van der Waals surface area contributed by atoms with Crippen molar-refractivity contribution in [2.45, 2.75) is 32.7 Å². The molecule has 0 fully saturated rings. The normalized spacial score (nSPS) is 11.1. The quantitative estimate of drug-likeness (QED) is 0.658. The zero-order chi connectivity index (χ0) is 15.8. The van der Waals surface area contributed by atoms with Crippen molar-refractivity contribution in [3.63, 3.8) is 0 Å². The fourth-order valence-electron chi connectivity index (χ4n) is 2.50. The van der Waals surface area contributed by atoms with Gasteiger partial charge in [-0.1, -0.05) is 74.0 Å². The molecule has 0 atom stereocenters. The molecule has 22 heavy (non-hydrogen) atoms. The van der Waals surface area contributed by atoms with Gasteiger partial charge in [-0.2, -0.15) is 0 Å². The van der Waals surface area contributed by atoms with Crippen LogP contribution in [0.2, 0.25) is 6.82 Å². The predicted molar refractivity (Wildman–Crippen MR) is 95.0 cm³/mol. The highest BCUT2D eigenvalue weighted by atomic mass is 16.5. The molecule has 0 unspecified atom stereocenters. The van der Waals surface area contributed by atoms with Crippen molar-refractivity contribution in [3.8, 4) is 0 Å². The maximum atomic E-state index is 6.41. The van der Waals surface area contributed by atoms with Gasteiger partial charge in [0, 0.05) is 0 Å². The fourth-order valence-corrected chi connectivity index (χ4v) is 2.50. The minimum absolute atomic E-state index is 0.0264. The smallest absolute Gasteiger partial charge is 0.379 e. The van der Waals surface area contributed by atoms with Crippen LogP contribution in [0.4, 0.5) is 0 Å². The van der Waals surface area contributed by atoms with Crippen LogP contribution in [0.5, 0.6) is 0 Å². The molecule has 3 heteroatoms. The maximum absolute atomic E-state index is 6.41. The molecule has 0 saturated carbocycles. The summed E-state index contributed by atoms with van der Waals surface area (Å²) in [6.45, 7) is 5.42. The van der Waals surface area contributed by atoms with E-state index in [2.05, 4.69) is 74.1 Å². The van der Waals surface area contributed by atoms with Crippen LogP contribution in [0.1, 0.15) is 37.0 Å². The van der Waals surface area contributed by atoms with E-state index in [1.54, 1.807) is 0 Å². The molecule has 0 spiro atoms. The van der Waals surface area contributed by atoms with Gasteiger partial charge in [0.2, 0.25) is 0 Å². The highest BCUT2D eigenvalue weighted by Crippen LogP contribution is 2.26. The number of unbranched alkanes of at least 4 members (excludes halogenated alkanes) is 1. The fraction of sp³-hybridized carbons (Fsp3) is 0.368. The van der Waals surface area contributed by atoms with Crippen molar-refractivity contribution in [2.24, 2.45) is 0 Å². The lowest BCUT2D eigenvalue weighted by Crippen LogP contribution is -2.38. The molecule has 0 aromatic heterocycles. The Bertz CT molecular complexity index is 492. The lowest BCUT2D eigenvalue weighted by molar-refractivity contribution is 0.217. The van der Waals surface area contributed by atoms with E-state index in [-0.39, 0.29) is 13.2 Å². The molecule has 2 nitrogen and oxygen atoms in total. The Hall–Kier alpha value is -1.58. The van der Waals surface area contributed by atoms with Crippen LogP contribution in [0.3, 0.4) is 0 Å². The highest BCUT2D eigenvalue weighted by Gasteiger charge is 2.23. The van der Waals surface area contributed by atoms with E-state index in [9.17, 15) is 0 Å². The van der Waals surface area contributed by atoms with Crippen molar-refractivity contribution in [1.82, 2.24) is 4.81 Å². The molecule has 0 saturated heterocycles. The third kappa shape index (κ3) is 4.72. The molecule has 0 aliphatic heterocycles. The first-order valence-corrected chi connectivity index (χ1v) is 8.18. The third-order valence-corrected chi connectivity index (χ3v) is 4.02. The van der Waals surface area contributed by atoms with Crippen LogP contribution < -0.4 is 0 Å². The first-order chi connectivity index (χ1) is 10.7. The molecular formula is C19H26BNO. The number of hydrogen-bond acceptors (Lipinski definition) is 2. The Morgan fingerprint density at radius 2 is 1.45 bits per heavy atom. The van der Waals surface area contributed by atoms with Gasteiger partial charge in [0.1, 0.15) is 0 Å². The second kappa shape index (κ2) is 8.77. The summed E-state index contributed by atoms with van der Waals surface area (Å²) in [7, 11) is 2.21. The van der Waals surface area contributed by atoms with Crippen molar-refractivity contribution in [2.75, 3.05) is 13.6 Å². The van der Waals surface area contributed by atoms with Gasteiger partial charge < -0.3 is 9.47 Å². The van der Waals surface area contributed by atoms with Crippen LogP contribution in [-0.4, -0.2) is 25.5 Å². The Balaban J connectivity index is 2.15. The lowest BCUT2D eigenvalue weighted by Gasteiger charge is -2.27. The minimum atomic E-state index is -0.0264. The van der Waals surface area contributed by atoms with Gasteiger partial charge in [0.15, 0.2) is 0 Å². The van der Waals surface area contributed by atoms with Gasteiger partial charge >= 0.3 is 7.05 Å². The lowest BCUT2D eigenvalue weighted by atomic mass is 9.83. The minimum Gasteiger partial charge on any atom is -0.410 e. The van der Waals surface area contributed by atoms with Crippen molar-refractivity contribution < 1.29 is 4.65 Å². The van der Waals surface area contributed by atoms with E-state index < -0.39 is 0 Å². The van der Waals surface area contributed by atoms with Crippen molar-refractivity contribution >= 4 is 7.05 Å². The van der Waals surface area contributed by atoms with Gasteiger partial charge in [-0.05, 0) is 38.0 Å². The summed E-state index contributed by atoms with van der Waals surface area (Å²) in [5.41, 5.74) is 2.40. The summed E-state index contributed by atoms with van der Waals surface area (Å²) < 4.78 is 6.41. The van der Waals surface area contributed by atoms with Gasteiger partial charge in [-0.15, -0.1) is 0 Å². The van der Waals surface area contributed by atoms with Gasteiger partial charge in [0.25, 0.3) is 0 Å². The summed E-state index contributed by atoms with van der Waals surface area (Å²) in [6, 6.07) is 20.9.